The highest BCUT2D eigenvalue weighted by Crippen LogP contribution is 2.27. The van der Waals surface area contributed by atoms with Crippen LogP contribution in [0.5, 0.6) is 5.75 Å². The summed E-state index contributed by atoms with van der Waals surface area (Å²) in [6.45, 7) is 0. The predicted octanol–water partition coefficient (Wildman–Crippen LogP) is 3.20. The van der Waals surface area contributed by atoms with Gasteiger partial charge in [0.15, 0.2) is 0 Å². The number of nitrogen functional groups attached to an aromatic ring is 1. The van der Waals surface area contributed by atoms with Gasteiger partial charge in [0, 0.05) is 11.6 Å². The molecule has 0 spiro atoms. The number of hydrogen-bond acceptors (Lipinski definition) is 5. The SMILES string of the molecule is Nc1cc(-c2cccc(OC3CCSCC3)c2)no1. The molecule has 5 heteroatoms. The Labute approximate surface area is 116 Å². The van der Waals surface area contributed by atoms with Crippen molar-refractivity contribution in [3.05, 3.63) is 30.3 Å². The van der Waals surface area contributed by atoms with E-state index in [-0.39, 0.29) is 0 Å². The quantitative estimate of drug-likeness (QED) is 0.932. The number of hydrogen-bond donors (Lipinski definition) is 1. The maximum absolute atomic E-state index is 6.02. The third-order valence-electron chi connectivity index (χ3n) is 3.13. The van der Waals surface area contributed by atoms with Gasteiger partial charge in [-0.1, -0.05) is 17.3 Å². The lowest BCUT2D eigenvalue weighted by atomic mass is 10.1. The Bertz CT molecular complexity index is 550. The fourth-order valence-electron chi connectivity index (χ4n) is 2.14. The van der Waals surface area contributed by atoms with Crippen LogP contribution in [0.4, 0.5) is 5.88 Å². The van der Waals surface area contributed by atoms with Crippen LogP contribution in [0.3, 0.4) is 0 Å². The first kappa shape index (κ1) is 12.4. The molecule has 2 N–H and O–H groups in total. The van der Waals surface area contributed by atoms with Gasteiger partial charge in [-0.2, -0.15) is 11.8 Å². The molecule has 4 nitrogen and oxygen atoms in total. The van der Waals surface area contributed by atoms with Crippen molar-refractivity contribution < 1.29 is 9.26 Å². The summed E-state index contributed by atoms with van der Waals surface area (Å²) in [5, 5.41) is 3.92. The fourth-order valence-corrected chi connectivity index (χ4v) is 3.20. The number of nitrogens with two attached hydrogens (primary N) is 1. The highest BCUT2D eigenvalue weighted by atomic mass is 32.2. The van der Waals surface area contributed by atoms with Crippen LogP contribution >= 0.6 is 11.8 Å². The molecular weight excluding hydrogens is 260 g/mol. The fraction of sp³-hybridized carbons (Fsp3) is 0.357. The average Bonchev–Trinajstić information content (AvgIpc) is 2.87. The smallest absolute Gasteiger partial charge is 0.222 e. The van der Waals surface area contributed by atoms with Crippen LogP contribution < -0.4 is 10.5 Å². The molecule has 1 aliphatic rings. The molecule has 1 aromatic heterocycles. The monoisotopic (exact) mass is 276 g/mol. The minimum atomic E-state index is 0.325. The van der Waals surface area contributed by atoms with Gasteiger partial charge in [0.1, 0.15) is 17.5 Å². The van der Waals surface area contributed by atoms with E-state index < -0.39 is 0 Å². The zero-order valence-electron chi connectivity index (χ0n) is 10.5. The maximum atomic E-state index is 6.02. The Morgan fingerprint density at radius 2 is 2.11 bits per heavy atom. The molecule has 2 aromatic rings. The maximum Gasteiger partial charge on any atom is 0.222 e. The lowest BCUT2D eigenvalue weighted by molar-refractivity contribution is 0.192. The number of rotatable bonds is 3. The lowest BCUT2D eigenvalue weighted by Crippen LogP contribution is -2.21. The molecule has 1 aliphatic heterocycles. The first-order valence-electron chi connectivity index (χ1n) is 6.38. The summed E-state index contributed by atoms with van der Waals surface area (Å²) in [6.07, 6.45) is 2.57. The Kier molecular flexibility index (Phi) is 3.64. The topological polar surface area (TPSA) is 61.3 Å². The van der Waals surface area contributed by atoms with Crippen LogP contribution in [-0.4, -0.2) is 22.8 Å². The van der Waals surface area contributed by atoms with Crippen molar-refractivity contribution in [2.75, 3.05) is 17.2 Å². The van der Waals surface area contributed by atoms with E-state index in [9.17, 15) is 0 Å². The van der Waals surface area contributed by atoms with E-state index in [1.807, 2.05) is 36.0 Å². The molecule has 1 aromatic carbocycles. The summed E-state index contributed by atoms with van der Waals surface area (Å²) < 4.78 is 10.9. The molecule has 19 heavy (non-hydrogen) atoms. The van der Waals surface area contributed by atoms with Gasteiger partial charge in [0.05, 0.1) is 0 Å². The second-order valence-corrected chi connectivity index (χ2v) is 5.80. The molecule has 0 radical (unpaired) electrons. The van der Waals surface area contributed by atoms with Crippen LogP contribution in [0.1, 0.15) is 12.8 Å². The van der Waals surface area contributed by atoms with E-state index >= 15 is 0 Å². The molecule has 1 fully saturated rings. The number of thioether (sulfide) groups is 1. The van der Waals surface area contributed by atoms with E-state index in [1.165, 1.54) is 11.5 Å². The first-order valence-corrected chi connectivity index (χ1v) is 7.54. The van der Waals surface area contributed by atoms with Crippen LogP contribution in [0.25, 0.3) is 11.3 Å². The molecule has 100 valence electrons. The summed E-state index contributed by atoms with van der Waals surface area (Å²) in [6, 6.07) is 9.62. The second kappa shape index (κ2) is 5.57. The van der Waals surface area contributed by atoms with Crippen molar-refractivity contribution in [3.8, 4) is 17.0 Å². The van der Waals surface area contributed by atoms with Crippen molar-refractivity contribution in [1.82, 2.24) is 5.16 Å². The molecule has 0 unspecified atom stereocenters. The molecule has 3 rings (SSSR count). The van der Waals surface area contributed by atoms with E-state index in [2.05, 4.69) is 5.16 Å². The average molecular weight is 276 g/mol. The predicted molar refractivity (Wildman–Crippen MR) is 77.3 cm³/mol. The van der Waals surface area contributed by atoms with Crippen molar-refractivity contribution >= 4 is 17.6 Å². The van der Waals surface area contributed by atoms with Gasteiger partial charge in [0.25, 0.3) is 0 Å². The molecule has 0 atom stereocenters. The Balaban J connectivity index is 1.75. The lowest BCUT2D eigenvalue weighted by Gasteiger charge is -2.22. The van der Waals surface area contributed by atoms with Crippen molar-refractivity contribution in [2.45, 2.75) is 18.9 Å². The highest BCUT2D eigenvalue weighted by molar-refractivity contribution is 7.99. The molecule has 2 heterocycles. The minimum absolute atomic E-state index is 0.325. The van der Waals surface area contributed by atoms with Gasteiger partial charge in [0.2, 0.25) is 5.88 Å². The van der Waals surface area contributed by atoms with E-state index in [0.717, 1.165) is 29.8 Å². The Hall–Kier alpha value is -1.62. The van der Waals surface area contributed by atoms with Gasteiger partial charge in [-0.25, -0.2) is 0 Å². The van der Waals surface area contributed by atoms with E-state index in [0.29, 0.717) is 12.0 Å². The summed E-state index contributed by atoms with van der Waals surface area (Å²) in [7, 11) is 0. The van der Waals surface area contributed by atoms with Gasteiger partial charge >= 0.3 is 0 Å². The van der Waals surface area contributed by atoms with Gasteiger partial charge in [-0.05, 0) is 36.5 Å². The third kappa shape index (κ3) is 3.04. The number of aromatic nitrogens is 1. The third-order valence-corrected chi connectivity index (χ3v) is 4.18. The number of nitrogens with zero attached hydrogens (tertiary/aromatic N) is 1. The van der Waals surface area contributed by atoms with Crippen molar-refractivity contribution in [1.29, 1.82) is 0 Å². The summed E-state index contributed by atoms with van der Waals surface area (Å²) in [4.78, 5) is 0. The van der Waals surface area contributed by atoms with Crippen LogP contribution in [0, 0.1) is 0 Å². The molecule has 0 bridgehead atoms. The molecule has 0 amide bonds. The van der Waals surface area contributed by atoms with E-state index in [4.69, 9.17) is 15.0 Å². The van der Waals surface area contributed by atoms with Gasteiger partial charge in [-0.15, -0.1) is 0 Å². The van der Waals surface area contributed by atoms with Gasteiger partial charge in [-0.3, -0.25) is 0 Å². The van der Waals surface area contributed by atoms with Crippen LogP contribution in [-0.2, 0) is 0 Å². The van der Waals surface area contributed by atoms with Gasteiger partial charge < -0.3 is 15.0 Å². The van der Waals surface area contributed by atoms with Crippen LogP contribution in [0.15, 0.2) is 34.9 Å². The normalized spacial score (nSPS) is 16.4. The van der Waals surface area contributed by atoms with Crippen LogP contribution in [0.2, 0.25) is 0 Å². The number of ether oxygens (including phenoxy) is 1. The minimum Gasteiger partial charge on any atom is -0.490 e. The molecule has 0 aliphatic carbocycles. The Morgan fingerprint density at radius 1 is 1.26 bits per heavy atom. The summed E-state index contributed by atoms with van der Waals surface area (Å²) in [5.74, 6) is 3.58. The number of benzene rings is 1. The molecular formula is C14H16N2O2S. The largest absolute Gasteiger partial charge is 0.490 e. The molecule has 1 saturated heterocycles. The van der Waals surface area contributed by atoms with Crippen molar-refractivity contribution in [3.63, 3.8) is 0 Å². The summed E-state index contributed by atoms with van der Waals surface area (Å²) >= 11 is 2.00. The number of anilines is 1. The first-order chi connectivity index (χ1) is 9.31. The summed E-state index contributed by atoms with van der Waals surface area (Å²) in [5.41, 5.74) is 7.24. The highest BCUT2D eigenvalue weighted by Gasteiger charge is 2.15. The second-order valence-electron chi connectivity index (χ2n) is 4.57. The van der Waals surface area contributed by atoms with E-state index in [1.54, 1.807) is 6.07 Å². The molecule has 0 saturated carbocycles. The van der Waals surface area contributed by atoms with Crippen molar-refractivity contribution in [2.24, 2.45) is 0 Å². The zero-order chi connectivity index (χ0) is 13.1. The Morgan fingerprint density at radius 3 is 2.84 bits per heavy atom. The standard InChI is InChI=1S/C14H16N2O2S/c15-14-9-13(16-18-14)10-2-1-3-12(8-10)17-11-4-6-19-7-5-11/h1-3,8-9,11H,4-7,15H2. The zero-order valence-corrected chi connectivity index (χ0v) is 11.4.